The van der Waals surface area contributed by atoms with Crippen LogP contribution in [0.15, 0.2) is 0 Å². The van der Waals surface area contributed by atoms with E-state index in [-0.39, 0.29) is 12.5 Å². The summed E-state index contributed by atoms with van der Waals surface area (Å²) in [5.41, 5.74) is -1.51. The van der Waals surface area contributed by atoms with Gasteiger partial charge < -0.3 is 14.6 Å². The largest absolute Gasteiger partial charge is 0.480 e. The Morgan fingerprint density at radius 3 is 2.32 bits per heavy atom. The van der Waals surface area contributed by atoms with Crippen molar-refractivity contribution < 1.29 is 24.2 Å². The summed E-state index contributed by atoms with van der Waals surface area (Å²) in [6, 6.07) is 0. The number of hydrogen-bond donors (Lipinski definition) is 1. The summed E-state index contributed by atoms with van der Waals surface area (Å²) in [6.07, 6.45) is 5.74. The average Bonchev–Trinajstić information content (AvgIpc) is 3.05. The lowest BCUT2D eigenvalue weighted by atomic mass is 9.74. The van der Waals surface area contributed by atoms with Gasteiger partial charge in [0.15, 0.2) is 5.41 Å². The first-order valence-corrected chi connectivity index (χ1v) is 7.01. The third-order valence-electron chi connectivity index (χ3n) is 4.36. The number of methoxy groups -OCH3 is 1. The monoisotopic (exact) mass is 270 g/mol. The Morgan fingerprint density at radius 1 is 1.21 bits per heavy atom. The summed E-state index contributed by atoms with van der Waals surface area (Å²) < 4.78 is 10.3. The summed E-state index contributed by atoms with van der Waals surface area (Å²) in [5, 5.41) is 9.59. The van der Waals surface area contributed by atoms with E-state index in [1.165, 1.54) is 7.11 Å². The highest BCUT2D eigenvalue weighted by atomic mass is 16.5. The van der Waals surface area contributed by atoms with Gasteiger partial charge in [0.25, 0.3) is 0 Å². The fraction of sp³-hybridized carbons (Fsp3) is 0.857. The zero-order valence-corrected chi connectivity index (χ0v) is 11.4. The van der Waals surface area contributed by atoms with E-state index in [4.69, 9.17) is 9.47 Å². The van der Waals surface area contributed by atoms with Gasteiger partial charge in [-0.1, -0.05) is 12.8 Å². The van der Waals surface area contributed by atoms with Gasteiger partial charge in [0, 0.05) is 6.61 Å². The Balaban J connectivity index is 2.11. The Labute approximate surface area is 113 Å². The molecular weight excluding hydrogens is 248 g/mol. The quantitative estimate of drug-likeness (QED) is 0.564. The highest BCUT2D eigenvalue weighted by molar-refractivity contribution is 5.99. The van der Waals surface area contributed by atoms with Gasteiger partial charge in [0.05, 0.1) is 13.7 Å². The highest BCUT2D eigenvalue weighted by Gasteiger charge is 2.54. The minimum absolute atomic E-state index is 0.0594. The molecule has 5 nitrogen and oxygen atoms in total. The van der Waals surface area contributed by atoms with Crippen molar-refractivity contribution in [3.05, 3.63) is 0 Å². The molecule has 0 heterocycles. The van der Waals surface area contributed by atoms with E-state index in [9.17, 15) is 14.7 Å². The van der Waals surface area contributed by atoms with Crippen LogP contribution in [-0.4, -0.2) is 37.4 Å². The van der Waals surface area contributed by atoms with Crippen molar-refractivity contribution >= 4 is 11.9 Å². The molecule has 0 saturated heterocycles. The molecule has 0 aromatic heterocycles. The molecule has 2 saturated carbocycles. The van der Waals surface area contributed by atoms with Crippen molar-refractivity contribution in [1.29, 1.82) is 0 Å². The predicted octanol–water partition coefficient (Wildman–Crippen LogP) is 1.85. The van der Waals surface area contributed by atoms with Gasteiger partial charge in [-0.15, -0.1) is 0 Å². The Morgan fingerprint density at radius 2 is 1.84 bits per heavy atom. The van der Waals surface area contributed by atoms with Crippen LogP contribution in [0.1, 0.15) is 38.5 Å². The number of carbonyl (C=O) groups is 2. The van der Waals surface area contributed by atoms with Crippen LogP contribution in [0.25, 0.3) is 0 Å². The van der Waals surface area contributed by atoms with Crippen LogP contribution in [0, 0.1) is 17.3 Å². The number of carbonyl (C=O) groups excluding carboxylic acids is 1. The van der Waals surface area contributed by atoms with Crippen LogP contribution in [0.5, 0.6) is 0 Å². The molecule has 0 spiro atoms. The van der Waals surface area contributed by atoms with Crippen molar-refractivity contribution in [2.45, 2.75) is 38.5 Å². The van der Waals surface area contributed by atoms with E-state index in [2.05, 4.69) is 0 Å². The van der Waals surface area contributed by atoms with E-state index in [0.717, 1.165) is 38.5 Å². The molecule has 0 aromatic carbocycles. The van der Waals surface area contributed by atoms with Crippen molar-refractivity contribution in [3.63, 3.8) is 0 Å². The lowest BCUT2D eigenvalue weighted by molar-refractivity contribution is -0.177. The molecule has 0 aromatic rings. The summed E-state index contributed by atoms with van der Waals surface area (Å²) in [7, 11) is 1.25. The highest BCUT2D eigenvalue weighted by Crippen LogP contribution is 2.42. The van der Waals surface area contributed by atoms with Gasteiger partial charge in [0.2, 0.25) is 0 Å². The molecular formula is C14H22O5. The third kappa shape index (κ3) is 2.91. The number of hydrogen-bond acceptors (Lipinski definition) is 4. The molecule has 108 valence electrons. The molecule has 0 bridgehead atoms. The average molecular weight is 270 g/mol. The number of carboxylic acid groups (broad SMARTS) is 1. The molecule has 5 heteroatoms. The van der Waals surface area contributed by atoms with Crippen LogP contribution >= 0.6 is 0 Å². The Kier molecular flexibility index (Phi) is 4.45. The first-order chi connectivity index (χ1) is 9.11. The lowest BCUT2D eigenvalue weighted by Gasteiger charge is -2.32. The van der Waals surface area contributed by atoms with Crippen LogP contribution in [0.3, 0.4) is 0 Å². The molecule has 0 amide bonds. The van der Waals surface area contributed by atoms with Crippen LogP contribution in [-0.2, 0) is 19.1 Å². The Hall–Kier alpha value is -1.10. The second-order valence-electron chi connectivity index (χ2n) is 5.71. The molecule has 1 N–H and O–H groups in total. The molecule has 1 atom stereocenters. The second kappa shape index (κ2) is 5.90. The molecule has 19 heavy (non-hydrogen) atoms. The molecule has 2 aliphatic rings. The number of carboxylic acids is 1. The Bertz CT molecular complexity index is 344. The number of aliphatic carboxylic acids is 1. The van der Waals surface area contributed by atoms with E-state index in [1.54, 1.807) is 0 Å². The molecule has 2 aliphatic carbocycles. The van der Waals surface area contributed by atoms with Crippen LogP contribution < -0.4 is 0 Å². The van der Waals surface area contributed by atoms with Gasteiger partial charge in [-0.3, -0.25) is 9.59 Å². The summed E-state index contributed by atoms with van der Waals surface area (Å²) in [4.78, 5) is 23.8. The third-order valence-corrected chi connectivity index (χ3v) is 4.36. The second-order valence-corrected chi connectivity index (χ2v) is 5.71. The molecule has 2 rings (SSSR count). The smallest absolute Gasteiger partial charge is 0.325 e. The maximum atomic E-state index is 12.1. The topological polar surface area (TPSA) is 72.8 Å². The normalized spacial score (nSPS) is 23.0. The zero-order chi connectivity index (χ0) is 13.9. The first-order valence-electron chi connectivity index (χ1n) is 7.01. The van der Waals surface area contributed by atoms with Gasteiger partial charge in [-0.25, -0.2) is 0 Å². The zero-order valence-electron chi connectivity index (χ0n) is 11.4. The van der Waals surface area contributed by atoms with E-state index in [0.29, 0.717) is 12.5 Å². The fourth-order valence-corrected chi connectivity index (χ4v) is 2.94. The van der Waals surface area contributed by atoms with E-state index in [1.807, 2.05) is 0 Å². The number of esters is 1. The van der Waals surface area contributed by atoms with Crippen molar-refractivity contribution in [1.82, 2.24) is 0 Å². The summed E-state index contributed by atoms with van der Waals surface area (Å²) in [5.74, 6) is -1.39. The van der Waals surface area contributed by atoms with E-state index < -0.39 is 17.4 Å². The van der Waals surface area contributed by atoms with Crippen LogP contribution in [0.2, 0.25) is 0 Å². The standard InChI is InChI=1S/C14H22O5/c1-18-13(17)14(12(15)16,11-4-2-3-5-11)9-19-8-10-6-7-10/h10-11H,2-9H2,1H3,(H,15,16). The molecule has 1 unspecified atom stereocenters. The minimum Gasteiger partial charge on any atom is -0.480 e. The maximum absolute atomic E-state index is 12.1. The van der Waals surface area contributed by atoms with Crippen molar-refractivity contribution in [3.8, 4) is 0 Å². The predicted molar refractivity (Wildman–Crippen MR) is 67.6 cm³/mol. The molecule has 2 fully saturated rings. The van der Waals surface area contributed by atoms with Crippen LogP contribution in [0.4, 0.5) is 0 Å². The first kappa shape index (κ1) is 14.3. The maximum Gasteiger partial charge on any atom is 0.325 e. The fourth-order valence-electron chi connectivity index (χ4n) is 2.94. The summed E-state index contributed by atoms with van der Waals surface area (Å²) in [6.45, 7) is 0.495. The molecule has 0 radical (unpaired) electrons. The van der Waals surface area contributed by atoms with Gasteiger partial charge >= 0.3 is 11.9 Å². The SMILES string of the molecule is COC(=O)C(COCC1CC1)(C(=O)O)C1CCCC1. The lowest BCUT2D eigenvalue weighted by Crippen LogP contribution is -2.49. The number of ether oxygens (including phenoxy) is 2. The van der Waals surface area contributed by atoms with E-state index >= 15 is 0 Å². The molecule has 0 aliphatic heterocycles. The van der Waals surface area contributed by atoms with Gasteiger partial charge in [0.1, 0.15) is 0 Å². The van der Waals surface area contributed by atoms with Crippen molar-refractivity contribution in [2.75, 3.05) is 20.3 Å². The van der Waals surface area contributed by atoms with Gasteiger partial charge in [-0.2, -0.15) is 0 Å². The number of rotatable bonds is 7. The van der Waals surface area contributed by atoms with Crippen molar-refractivity contribution in [2.24, 2.45) is 17.3 Å². The minimum atomic E-state index is -1.51. The summed E-state index contributed by atoms with van der Waals surface area (Å²) >= 11 is 0. The van der Waals surface area contributed by atoms with Gasteiger partial charge in [-0.05, 0) is 37.5 Å².